The predicted molar refractivity (Wildman–Crippen MR) is 87.0 cm³/mol. The van der Waals surface area contributed by atoms with Gasteiger partial charge in [-0.1, -0.05) is 50.1 Å². The summed E-state index contributed by atoms with van der Waals surface area (Å²) in [6, 6.07) is 9.43. The maximum atomic E-state index is 12.1. The maximum absolute atomic E-state index is 12.1. The highest BCUT2D eigenvalue weighted by Crippen LogP contribution is 2.32. The molecule has 2 N–H and O–H groups in total. The molecule has 126 valence electrons. The van der Waals surface area contributed by atoms with Gasteiger partial charge in [0, 0.05) is 0 Å². The molecule has 23 heavy (non-hydrogen) atoms. The lowest BCUT2D eigenvalue weighted by molar-refractivity contribution is -0.138. The van der Waals surface area contributed by atoms with E-state index in [0.717, 1.165) is 24.8 Å². The van der Waals surface area contributed by atoms with Gasteiger partial charge in [-0.05, 0) is 30.7 Å². The third-order valence-corrected chi connectivity index (χ3v) is 4.54. The Morgan fingerprint density at radius 1 is 1.26 bits per heavy atom. The maximum Gasteiger partial charge on any atom is 0.407 e. The molecule has 5 nitrogen and oxygen atoms in total. The second-order valence-corrected chi connectivity index (χ2v) is 6.57. The molecule has 1 aromatic rings. The number of alkyl carbamates (subject to hydrolysis) is 1. The van der Waals surface area contributed by atoms with Crippen molar-refractivity contribution in [3.8, 4) is 0 Å². The highest BCUT2D eigenvalue weighted by molar-refractivity contribution is 5.72. The number of carboxylic acid groups (broad SMARTS) is 1. The average Bonchev–Trinajstić information content (AvgIpc) is 2.68. The lowest BCUT2D eigenvalue weighted by atomic mass is 9.86. The van der Waals surface area contributed by atoms with Crippen molar-refractivity contribution >= 4 is 12.1 Å². The van der Waals surface area contributed by atoms with Gasteiger partial charge < -0.3 is 15.2 Å². The molecule has 0 bridgehead atoms. The smallest absolute Gasteiger partial charge is 0.407 e. The van der Waals surface area contributed by atoms with Gasteiger partial charge in [-0.25, -0.2) is 4.79 Å². The number of hydrogen-bond acceptors (Lipinski definition) is 3. The van der Waals surface area contributed by atoms with Crippen LogP contribution in [-0.2, 0) is 16.1 Å². The summed E-state index contributed by atoms with van der Waals surface area (Å²) in [6.07, 6.45) is 3.69. The van der Waals surface area contributed by atoms with Gasteiger partial charge in [0.25, 0.3) is 0 Å². The molecule has 0 aromatic heterocycles. The third-order valence-electron chi connectivity index (χ3n) is 4.54. The molecule has 0 saturated heterocycles. The number of aliphatic carboxylic acids is 1. The minimum atomic E-state index is -0.886. The van der Waals surface area contributed by atoms with Gasteiger partial charge in [-0.15, -0.1) is 0 Å². The third kappa shape index (κ3) is 5.58. The summed E-state index contributed by atoms with van der Waals surface area (Å²) in [5, 5.41) is 12.1. The Morgan fingerprint density at radius 2 is 2.00 bits per heavy atom. The van der Waals surface area contributed by atoms with Crippen LogP contribution in [0, 0.1) is 5.92 Å². The van der Waals surface area contributed by atoms with E-state index in [4.69, 9.17) is 4.74 Å². The van der Waals surface area contributed by atoms with Crippen molar-refractivity contribution in [3.05, 3.63) is 35.9 Å². The van der Waals surface area contributed by atoms with Crippen LogP contribution >= 0.6 is 0 Å². The minimum Gasteiger partial charge on any atom is -0.481 e. The first kappa shape index (κ1) is 17.3. The Hall–Kier alpha value is -2.04. The normalized spacial score (nSPS) is 24.5. The number of carbonyl (C=O) groups is 2. The topological polar surface area (TPSA) is 75.6 Å². The molecular formula is C18H25NO4. The lowest BCUT2D eigenvalue weighted by Crippen LogP contribution is -2.49. The van der Waals surface area contributed by atoms with E-state index in [2.05, 4.69) is 12.2 Å². The molecule has 2 unspecified atom stereocenters. The molecule has 0 spiro atoms. The number of nitrogens with one attached hydrogen (secondary N) is 1. The first-order valence-electron chi connectivity index (χ1n) is 8.20. The van der Waals surface area contributed by atoms with Crippen LogP contribution in [0.15, 0.2) is 30.3 Å². The van der Waals surface area contributed by atoms with Gasteiger partial charge in [0.1, 0.15) is 6.61 Å². The van der Waals surface area contributed by atoms with Crippen LogP contribution in [-0.4, -0.2) is 22.7 Å². The quantitative estimate of drug-likeness (QED) is 0.811. The van der Waals surface area contributed by atoms with E-state index in [1.54, 1.807) is 0 Å². The van der Waals surface area contributed by atoms with Gasteiger partial charge in [0.05, 0.1) is 12.0 Å². The predicted octanol–water partition coefficient (Wildman–Crippen LogP) is 3.73. The van der Waals surface area contributed by atoms with E-state index < -0.39 is 17.6 Å². The summed E-state index contributed by atoms with van der Waals surface area (Å²) >= 11 is 0. The van der Waals surface area contributed by atoms with Crippen LogP contribution < -0.4 is 5.32 Å². The summed E-state index contributed by atoms with van der Waals surface area (Å²) in [5.74, 6) is -0.323. The molecule has 1 saturated carbocycles. The summed E-state index contributed by atoms with van der Waals surface area (Å²) in [4.78, 5) is 23.4. The Labute approximate surface area is 137 Å². The molecule has 0 aliphatic heterocycles. The lowest BCUT2D eigenvalue weighted by Gasteiger charge is -2.32. The first-order valence-corrected chi connectivity index (χ1v) is 8.20. The van der Waals surface area contributed by atoms with Crippen LogP contribution in [0.4, 0.5) is 4.79 Å². The number of hydrogen-bond donors (Lipinski definition) is 2. The van der Waals surface area contributed by atoms with Crippen molar-refractivity contribution in [1.82, 2.24) is 5.32 Å². The van der Waals surface area contributed by atoms with E-state index in [1.807, 2.05) is 30.3 Å². The Morgan fingerprint density at radius 3 is 2.70 bits per heavy atom. The zero-order valence-electron chi connectivity index (χ0n) is 13.6. The fourth-order valence-corrected chi connectivity index (χ4v) is 3.19. The zero-order valence-corrected chi connectivity index (χ0v) is 13.6. The Kier molecular flexibility index (Phi) is 6.02. The Bertz CT molecular complexity index is 531. The molecular weight excluding hydrogens is 294 g/mol. The van der Waals surface area contributed by atoms with Crippen LogP contribution in [0.3, 0.4) is 0 Å². The standard InChI is InChI=1S/C18H25NO4/c1-14-6-5-10-18(11-9-14,12-16(20)21)19-17(22)23-13-15-7-3-2-4-8-15/h2-4,7-8,14H,5-6,9-13H2,1H3,(H,19,22)(H,20,21). The van der Waals surface area contributed by atoms with Crippen LogP contribution in [0.2, 0.25) is 0 Å². The second kappa shape index (κ2) is 7.99. The summed E-state index contributed by atoms with van der Waals surface area (Å²) in [7, 11) is 0. The van der Waals surface area contributed by atoms with Gasteiger partial charge in [0.15, 0.2) is 0 Å². The number of rotatable bonds is 5. The van der Waals surface area contributed by atoms with Gasteiger partial charge in [-0.3, -0.25) is 4.79 Å². The SMILES string of the molecule is CC1CCCC(CC(=O)O)(NC(=O)OCc2ccccc2)CC1. The summed E-state index contributed by atoms with van der Waals surface area (Å²) in [6.45, 7) is 2.36. The number of benzene rings is 1. The van der Waals surface area contributed by atoms with Crippen LogP contribution in [0.5, 0.6) is 0 Å². The van der Waals surface area contributed by atoms with E-state index >= 15 is 0 Å². The molecule has 1 aromatic carbocycles. The minimum absolute atomic E-state index is 0.0554. The Balaban J connectivity index is 1.96. The zero-order chi connectivity index (χ0) is 16.7. The van der Waals surface area contributed by atoms with Gasteiger partial charge in [-0.2, -0.15) is 0 Å². The van der Waals surface area contributed by atoms with E-state index in [9.17, 15) is 14.7 Å². The largest absolute Gasteiger partial charge is 0.481 e. The number of carboxylic acids is 1. The fourth-order valence-electron chi connectivity index (χ4n) is 3.19. The average molecular weight is 319 g/mol. The van der Waals surface area contributed by atoms with E-state index in [1.165, 1.54) is 0 Å². The first-order chi connectivity index (χ1) is 11.0. The van der Waals surface area contributed by atoms with E-state index in [0.29, 0.717) is 18.8 Å². The second-order valence-electron chi connectivity index (χ2n) is 6.57. The number of ether oxygens (including phenoxy) is 1. The summed E-state index contributed by atoms with van der Waals surface area (Å²) in [5.41, 5.74) is 0.217. The molecule has 5 heteroatoms. The highest BCUT2D eigenvalue weighted by atomic mass is 16.5. The molecule has 0 heterocycles. The highest BCUT2D eigenvalue weighted by Gasteiger charge is 2.36. The molecule has 1 aliphatic carbocycles. The van der Waals surface area contributed by atoms with Crippen molar-refractivity contribution in [3.63, 3.8) is 0 Å². The molecule has 1 amide bonds. The van der Waals surface area contributed by atoms with Gasteiger partial charge >= 0.3 is 12.1 Å². The van der Waals surface area contributed by atoms with E-state index in [-0.39, 0.29) is 13.0 Å². The molecule has 2 atom stereocenters. The molecule has 1 fully saturated rings. The van der Waals surface area contributed by atoms with Gasteiger partial charge in [0.2, 0.25) is 0 Å². The van der Waals surface area contributed by atoms with Crippen molar-refractivity contribution in [2.24, 2.45) is 5.92 Å². The molecule has 0 radical (unpaired) electrons. The van der Waals surface area contributed by atoms with Crippen LogP contribution in [0.25, 0.3) is 0 Å². The number of carbonyl (C=O) groups excluding carboxylic acids is 1. The van der Waals surface area contributed by atoms with Crippen molar-refractivity contribution in [2.45, 2.75) is 57.6 Å². The molecule has 2 rings (SSSR count). The van der Waals surface area contributed by atoms with Crippen LogP contribution in [0.1, 0.15) is 51.0 Å². The van der Waals surface area contributed by atoms with Crippen molar-refractivity contribution in [2.75, 3.05) is 0 Å². The summed E-state index contributed by atoms with van der Waals surface area (Å²) < 4.78 is 5.26. The molecule has 1 aliphatic rings. The van der Waals surface area contributed by atoms with Crippen molar-refractivity contribution < 1.29 is 19.4 Å². The number of amides is 1. The van der Waals surface area contributed by atoms with Crippen molar-refractivity contribution in [1.29, 1.82) is 0 Å². The monoisotopic (exact) mass is 319 g/mol. The fraction of sp³-hybridized carbons (Fsp3) is 0.556.